The number of carbonyl (C=O) groups is 1. The summed E-state index contributed by atoms with van der Waals surface area (Å²) >= 11 is 0. The second-order valence-corrected chi connectivity index (χ2v) is 7.48. The number of amides is 1. The van der Waals surface area contributed by atoms with E-state index < -0.39 is 0 Å². The highest BCUT2D eigenvalue weighted by Gasteiger charge is 2.31. The molecule has 26 heavy (non-hydrogen) atoms. The maximum absolute atomic E-state index is 12.8. The summed E-state index contributed by atoms with van der Waals surface area (Å²) in [6.45, 7) is 5.79. The van der Waals surface area contributed by atoms with E-state index >= 15 is 0 Å². The summed E-state index contributed by atoms with van der Waals surface area (Å²) in [5.41, 5.74) is 0. The second kappa shape index (κ2) is 7.43. The third-order valence-corrected chi connectivity index (χ3v) is 5.49. The van der Waals surface area contributed by atoms with Crippen LogP contribution in [0, 0.1) is 11.8 Å². The monoisotopic (exact) mass is 354 g/mol. The summed E-state index contributed by atoms with van der Waals surface area (Å²) in [6.07, 6.45) is 11.3. The zero-order valence-corrected chi connectivity index (χ0v) is 15.3. The zero-order chi connectivity index (χ0) is 17.9. The molecule has 7 heteroatoms. The van der Waals surface area contributed by atoms with E-state index in [1.807, 2.05) is 12.3 Å². The standard InChI is InChI=1S/C19H26N6O/c1-15-4-2-8-24(14-15)19(26)16-5-10-23(11-6-16)17-12-20-13-18(22-17)25-9-3-7-21-25/h3,7,9,12-13,15-16H,2,4-6,8,10-11,14H2,1H3. The number of aromatic nitrogens is 4. The van der Waals surface area contributed by atoms with Crippen LogP contribution in [0.2, 0.25) is 0 Å². The third-order valence-electron chi connectivity index (χ3n) is 5.49. The summed E-state index contributed by atoms with van der Waals surface area (Å²) in [5, 5.41) is 4.21. The number of likely N-dealkylation sites (tertiary alicyclic amines) is 1. The minimum atomic E-state index is 0.152. The van der Waals surface area contributed by atoms with E-state index in [2.05, 4.69) is 31.8 Å². The molecule has 2 aromatic heterocycles. The highest BCUT2D eigenvalue weighted by atomic mass is 16.2. The Kier molecular flexibility index (Phi) is 4.86. The van der Waals surface area contributed by atoms with Crippen LogP contribution in [0.5, 0.6) is 0 Å². The first kappa shape index (κ1) is 17.0. The molecule has 7 nitrogen and oxygen atoms in total. The van der Waals surface area contributed by atoms with Crippen LogP contribution in [0.3, 0.4) is 0 Å². The molecule has 0 aliphatic carbocycles. The number of rotatable bonds is 3. The Morgan fingerprint density at radius 1 is 1.12 bits per heavy atom. The quantitative estimate of drug-likeness (QED) is 0.845. The van der Waals surface area contributed by atoms with E-state index in [0.29, 0.717) is 17.6 Å². The van der Waals surface area contributed by atoms with Gasteiger partial charge in [-0.1, -0.05) is 6.92 Å². The van der Waals surface area contributed by atoms with Crippen LogP contribution in [-0.4, -0.2) is 56.7 Å². The van der Waals surface area contributed by atoms with Gasteiger partial charge in [-0.2, -0.15) is 5.10 Å². The van der Waals surface area contributed by atoms with Crippen LogP contribution in [0.15, 0.2) is 30.9 Å². The molecular weight excluding hydrogens is 328 g/mol. The van der Waals surface area contributed by atoms with Crippen LogP contribution in [0.1, 0.15) is 32.6 Å². The molecule has 1 atom stereocenters. The number of carbonyl (C=O) groups excluding carboxylic acids is 1. The number of nitrogens with zero attached hydrogens (tertiary/aromatic N) is 6. The first-order valence-electron chi connectivity index (χ1n) is 9.56. The summed E-state index contributed by atoms with van der Waals surface area (Å²) < 4.78 is 1.71. The molecule has 4 heterocycles. The van der Waals surface area contributed by atoms with Crippen molar-refractivity contribution >= 4 is 11.7 Å². The van der Waals surface area contributed by atoms with Gasteiger partial charge in [0, 0.05) is 44.5 Å². The van der Waals surface area contributed by atoms with Crippen molar-refractivity contribution in [3.63, 3.8) is 0 Å². The molecule has 4 rings (SSSR count). The Morgan fingerprint density at radius 3 is 2.65 bits per heavy atom. The van der Waals surface area contributed by atoms with Crippen molar-refractivity contribution in [2.75, 3.05) is 31.1 Å². The predicted octanol–water partition coefficient (Wildman–Crippen LogP) is 2.14. The Hall–Kier alpha value is -2.44. The highest BCUT2D eigenvalue weighted by Crippen LogP contribution is 2.25. The minimum Gasteiger partial charge on any atom is -0.355 e. The second-order valence-electron chi connectivity index (χ2n) is 7.48. The summed E-state index contributed by atoms with van der Waals surface area (Å²) in [7, 11) is 0. The fourth-order valence-corrected chi connectivity index (χ4v) is 4.02. The molecule has 0 saturated carbocycles. The average Bonchev–Trinajstić information content (AvgIpc) is 3.23. The molecule has 2 fully saturated rings. The smallest absolute Gasteiger partial charge is 0.225 e. The van der Waals surface area contributed by atoms with Gasteiger partial charge >= 0.3 is 0 Å². The number of hydrogen-bond donors (Lipinski definition) is 0. The molecule has 2 aliphatic rings. The summed E-state index contributed by atoms with van der Waals surface area (Å²) in [4.78, 5) is 26.1. The van der Waals surface area contributed by atoms with Crippen LogP contribution < -0.4 is 4.90 Å². The summed E-state index contributed by atoms with van der Waals surface area (Å²) in [5.74, 6) is 2.71. The van der Waals surface area contributed by atoms with E-state index in [9.17, 15) is 4.79 Å². The third kappa shape index (κ3) is 3.57. The van der Waals surface area contributed by atoms with Gasteiger partial charge in [0.2, 0.25) is 5.91 Å². The summed E-state index contributed by atoms with van der Waals surface area (Å²) in [6, 6.07) is 1.87. The first-order chi connectivity index (χ1) is 12.7. The Balaban J connectivity index is 1.38. The molecule has 0 spiro atoms. The predicted molar refractivity (Wildman–Crippen MR) is 99.1 cm³/mol. The zero-order valence-electron chi connectivity index (χ0n) is 15.3. The number of piperidine rings is 2. The van der Waals surface area contributed by atoms with Gasteiger partial charge in [-0.25, -0.2) is 9.67 Å². The van der Waals surface area contributed by atoms with E-state index in [4.69, 9.17) is 0 Å². The topological polar surface area (TPSA) is 67.2 Å². The molecule has 0 radical (unpaired) electrons. The van der Waals surface area contributed by atoms with Gasteiger partial charge in [-0.3, -0.25) is 9.78 Å². The Bertz CT molecular complexity index is 738. The lowest BCUT2D eigenvalue weighted by Gasteiger charge is -2.37. The lowest BCUT2D eigenvalue weighted by molar-refractivity contribution is -0.137. The Labute approximate surface area is 154 Å². The van der Waals surface area contributed by atoms with Gasteiger partial charge in [0.05, 0.1) is 12.4 Å². The molecule has 0 N–H and O–H groups in total. The normalized spacial score (nSPS) is 21.8. The lowest BCUT2D eigenvalue weighted by Crippen LogP contribution is -2.46. The van der Waals surface area contributed by atoms with Crippen LogP contribution >= 0.6 is 0 Å². The van der Waals surface area contributed by atoms with E-state index in [1.54, 1.807) is 23.3 Å². The fraction of sp³-hybridized carbons (Fsp3) is 0.579. The maximum atomic E-state index is 12.8. The van der Waals surface area contributed by atoms with Gasteiger partial charge in [0.25, 0.3) is 0 Å². The van der Waals surface area contributed by atoms with Gasteiger partial charge < -0.3 is 9.80 Å². The van der Waals surface area contributed by atoms with Gasteiger partial charge in [-0.05, 0) is 37.7 Å². The molecule has 2 saturated heterocycles. The van der Waals surface area contributed by atoms with Gasteiger partial charge in [0.15, 0.2) is 5.82 Å². The molecule has 0 aromatic carbocycles. The minimum absolute atomic E-state index is 0.152. The van der Waals surface area contributed by atoms with E-state index in [1.165, 1.54) is 6.42 Å². The van der Waals surface area contributed by atoms with Crippen molar-refractivity contribution < 1.29 is 4.79 Å². The SMILES string of the molecule is CC1CCCN(C(=O)C2CCN(c3cncc(-n4cccn4)n3)CC2)C1. The van der Waals surface area contributed by atoms with E-state index in [-0.39, 0.29) is 5.92 Å². The Morgan fingerprint density at radius 2 is 1.92 bits per heavy atom. The van der Waals surface area contributed by atoms with Crippen LogP contribution in [0.4, 0.5) is 5.82 Å². The molecule has 2 aromatic rings. The number of anilines is 1. The molecule has 2 aliphatic heterocycles. The molecule has 138 valence electrons. The van der Waals surface area contributed by atoms with Crippen molar-refractivity contribution in [3.8, 4) is 5.82 Å². The van der Waals surface area contributed by atoms with E-state index in [0.717, 1.165) is 51.3 Å². The molecule has 0 bridgehead atoms. The van der Waals surface area contributed by atoms with Gasteiger partial charge in [0.1, 0.15) is 5.82 Å². The van der Waals surface area contributed by atoms with Crippen molar-refractivity contribution in [1.29, 1.82) is 0 Å². The maximum Gasteiger partial charge on any atom is 0.225 e. The number of hydrogen-bond acceptors (Lipinski definition) is 5. The highest BCUT2D eigenvalue weighted by molar-refractivity contribution is 5.79. The van der Waals surface area contributed by atoms with Crippen molar-refractivity contribution in [1.82, 2.24) is 24.6 Å². The lowest BCUT2D eigenvalue weighted by atomic mass is 9.93. The average molecular weight is 354 g/mol. The fourth-order valence-electron chi connectivity index (χ4n) is 4.02. The van der Waals surface area contributed by atoms with Crippen molar-refractivity contribution in [2.45, 2.75) is 32.6 Å². The molecular formula is C19H26N6O. The molecule has 1 unspecified atom stereocenters. The van der Waals surface area contributed by atoms with Crippen molar-refractivity contribution in [2.24, 2.45) is 11.8 Å². The van der Waals surface area contributed by atoms with Crippen LogP contribution in [-0.2, 0) is 4.79 Å². The van der Waals surface area contributed by atoms with Gasteiger partial charge in [-0.15, -0.1) is 0 Å². The van der Waals surface area contributed by atoms with Crippen molar-refractivity contribution in [3.05, 3.63) is 30.9 Å². The van der Waals surface area contributed by atoms with Crippen LogP contribution in [0.25, 0.3) is 5.82 Å². The first-order valence-corrected chi connectivity index (χ1v) is 9.56. The largest absolute Gasteiger partial charge is 0.355 e. The molecule has 1 amide bonds.